The molecule has 3 rings (SSSR count). The molecule has 3 N–H and O–H groups in total. The highest BCUT2D eigenvalue weighted by molar-refractivity contribution is 5.99. The fourth-order valence-corrected chi connectivity index (χ4v) is 2.19. The molecule has 19 heavy (non-hydrogen) atoms. The summed E-state index contributed by atoms with van der Waals surface area (Å²) in [6.07, 6.45) is 3.42. The van der Waals surface area contributed by atoms with Gasteiger partial charge in [0.05, 0.1) is 16.6 Å². The number of aromatic nitrogens is 3. The minimum absolute atomic E-state index is 0.0124. The molecule has 0 aliphatic carbocycles. The molecule has 0 bridgehead atoms. The van der Waals surface area contributed by atoms with Crippen LogP contribution in [-0.4, -0.2) is 20.4 Å². The van der Waals surface area contributed by atoms with Crippen molar-refractivity contribution in [3.8, 4) is 5.82 Å². The molecule has 3 aromatic rings. The predicted octanol–water partition coefficient (Wildman–Crippen LogP) is 2.01. The number of hydrogen-bond acceptors (Lipinski definition) is 3. The molecule has 0 spiro atoms. The topological polar surface area (TPSA) is 80.6 Å². The summed E-state index contributed by atoms with van der Waals surface area (Å²) < 4.78 is 1.86. The van der Waals surface area contributed by atoms with Gasteiger partial charge in [-0.2, -0.15) is 0 Å². The lowest BCUT2D eigenvalue weighted by molar-refractivity contribution is 1.01. The highest BCUT2D eigenvalue weighted by Crippen LogP contribution is 2.20. The SMILES string of the molecule is Cc1ccnc(-n2cnc3ccccc32)c1C(=N)N. The van der Waals surface area contributed by atoms with Gasteiger partial charge < -0.3 is 5.73 Å². The van der Waals surface area contributed by atoms with Crippen LogP contribution in [0.1, 0.15) is 11.1 Å². The smallest absolute Gasteiger partial charge is 0.149 e. The summed E-state index contributed by atoms with van der Waals surface area (Å²) in [4.78, 5) is 8.69. The number of rotatable bonds is 2. The predicted molar refractivity (Wildman–Crippen MR) is 74.6 cm³/mol. The van der Waals surface area contributed by atoms with Gasteiger partial charge in [0.25, 0.3) is 0 Å². The van der Waals surface area contributed by atoms with Gasteiger partial charge in [0, 0.05) is 6.20 Å². The summed E-state index contributed by atoms with van der Waals surface area (Å²) in [5.41, 5.74) is 9.08. The van der Waals surface area contributed by atoms with Crippen molar-refractivity contribution >= 4 is 16.9 Å². The van der Waals surface area contributed by atoms with Crippen molar-refractivity contribution in [3.63, 3.8) is 0 Å². The van der Waals surface area contributed by atoms with Crippen LogP contribution < -0.4 is 5.73 Å². The molecule has 0 fully saturated rings. The molecular formula is C14H13N5. The number of nitrogens with zero attached hydrogens (tertiary/aromatic N) is 3. The standard InChI is InChI=1S/C14H13N5/c1-9-6-7-17-14(12(9)13(15)16)19-8-18-10-4-2-3-5-11(10)19/h2-8H,1H3,(H3,15,16). The lowest BCUT2D eigenvalue weighted by atomic mass is 10.1. The maximum atomic E-state index is 7.73. The van der Waals surface area contributed by atoms with Gasteiger partial charge in [0.15, 0.2) is 0 Å². The Morgan fingerprint density at radius 3 is 2.79 bits per heavy atom. The van der Waals surface area contributed by atoms with Crippen LogP contribution in [0.15, 0.2) is 42.9 Å². The molecule has 0 amide bonds. The van der Waals surface area contributed by atoms with Gasteiger partial charge in [0.2, 0.25) is 0 Å². The molecule has 0 unspecified atom stereocenters. The zero-order chi connectivity index (χ0) is 13.4. The summed E-state index contributed by atoms with van der Waals surface area (Å²) in [7, 11) is 0. The third kappa shape index (κ3) is 1.76. The normalized spacial score (nSPS) is 10.8. The molecule has 5 nitrogen and oxygen atoms in total. The van der Waals surface area contributed by atoms with Crippen molar-refractivity contribution in [3.05, 3.63) is 54.0 Å². The number of amidine groups is 1. The van der Waals surface area contributed by atoms with Gasteiger partial charge in [-0.3, -0.25) is 9.98 Å². The Morgan fingerprint density at radius 2 is 2.00 bits per heavy atom. The lowest BCUT2D eigenvalue weighted by Crippen LogP contribution is -2.17. The van der Waals surface area contributed by atoms with Crippen molar-refractivity contribution in [1.82, 2.24) is 14.5 Å². The van der Waals surface area contributed by atoms with Gasteiger partial charge in [0.1, 0.15) is 18.0 Å². The average Bonchev–Trinajstić information content (AvgIpc) is 2.81. The largest absolute Gasteiger partial charge is 0.384 e. The van der Waals surface area contributed by atoms with Crippen molar-refractivity contribution in [2.75, 3.05) is 0 Å². The number of pyridine rings is 1. The third-order valence-electron chi connectivity index (χ3n) is 3.09. The van der Waals surface area contributed by atoms with E-state index >= 15 is 0 Å². The second kappa shape index (κ2) is 4.20. The van der Waals surface area contributed by atoms with Crippen LogP contribution >= 0.6 is 0 Å². The molecule has 0 saturated carbocycles. The number of nitrogens with one attached hydrogen (secondary N) is 1. The van der Waals surface area contributed by atoms with Gasteiger partial charge in [-0.15, -0.1) is 0 Å². The maximum Gasteiger partial charge on any atom is 0.149 e. The number of benzene rings is 1. The zero-order valence-electron chi connectivity index (χ0n) is 10.5. The molecule has 5 heteroatoms. The molecule has 2 aromatic heterocycles. The summed E-state index contributed by atoms with van der Waals surface area (Å²) in [6, 6.07) is 9.64. The minimum atomic E-state index is 0.0124. The van der Waals surface area contributed by atoms with Crippen LogP contribution in [0.3, 0.4) is 0 Å². The summed E-state index contributed by atoms with van der Waals surface area (Å²) in [5.74, 6) is 0.652. The molecule has 0 aliphatic rings. The van der Waals surface area contributed by atoms with Crippen molar-refractivity contribution in [2.45, 2.75) is 6.92 Å². The van der Waals surface area contributed by atoms with E-state index in [1.165, 1.54) is 0 Å². The average molecular weight is 251 g/mol. The molecule has 94 valence electrons. The first-order chi connectivity index (χ1) is 9.18. The number of aryl methyl sites for hydroxylation is 1. The highest BCUT2D eigenvalue weighted by atomic mass is 15.1. The molecule has 1 aromatic carbocycles. The monoisotopic (exact) mass is 251 g/mol. The number of para-hydroxylation sites is 2. The fourth-order valence-electron chi connectivity index (χ4n) is 2.19. The Morgan fingerprint density at radius 1 is 1.21 bits per heavy atom. The van der Waals surface area contributed by atoms with E-state index < -0.39 is 0 Å². The fraction of sp³-hybridized carbons (Fsp3) is 0.0714. The van der Waals surface area contributed by atoms with E-state index in [0.29, 0.717) is 11.4 Å². The Kier molecular flexibility index (Phi) is 2.52. The molecule has 0 saturated heterocycles. The third-order valence-corrected chi connectivity index (χ3v) is 3.09. The van der Waals surface area contributed by atoms with Crippen molar-refractivity contribution in [2.24, 2.45) is 5.73 Å². The molecule has 2 heterocycles. The Labute approximate surface area is 110 Å². The molecule has 0 atom stereocenters. The van der Waals surface area contributed by atoms with Crippen LogP contribution in [-0.2, 0) is 0 Å². The van der Waals surface area contributed by atoms with Crippen molar-refractivity contribution in [1.29, 1.82) is 5.41 Å². The van der Waals surface area contributed by atoms with Crippen LogP contribution in [0.2, 0.25) is 0 Å². The first-order valence-corrected chi connectivity index (χ1v) is 5.91. The second-order valence-electron chi connectivity index (χ2n) is 4.34. The van der Waals surface area contributed by atoms with Crippen LogP contribution in [0, 0.1) is 12.3 Å². The van der Waals surface area contributed by atoms with E-state index in [9.17, 15) is 0 Å². The summed E-state index contributed by atoms with van der Waals surface area (Å²) >= 11 is 0. The Bertz CT molecular complexity index is 772. The number of nitrogens with two attached hydrogens (primary N) is 1. The summed E-state index contributed by atoms with van der Waals surface area (Å²) in [6.45, 7) is 1.92. The summed E-state index contributed by atoms with van der Waals surface area (Å²) in [5, 5.41) is 7.73. The minimum Gasteiger partial charge on any atom is -0.384 e. The van der Waals surface area contributed by atoms with E-state index in [-0.39, 0.29) is 5.84 Å². The molecule has 0 radical (unpaired) electrons. The van der Waals surface area contributed by atoms with E-state index in [1.807, 2.05) is 41.8 Å². The van der Waals surface area contributed by atoms with E-state index in [1.54, 1.807) is 12.5 Å². The van der Waals surface area contributed by atoms with Crippen molar-refractivity contribution < 1.29 is 0 Å². The Balaban J connectivity index is 2.33. The van der Waals surface area contributed by atoms with E-state index in [0.717, 1.165) is 16.6 Å². The van der Waals surface area contributed by atoms with Crippen LogP contribution in [0.5, 0.6) is 0 Å². The Hall–Kier alpha value is -2.69. The number of fused-ring (bicyclic) bond motifs is 1. The number of imidazole rings is 1. The molecule has 0 aliphatic heterocycles. The number of nitrogen functional groups attached to an aromatic ring is 1. The lowest BCUT2D eigenvalue weighted by Gasteiger charge is -2.11. The van der Waals surface area contributed by atoms with Gasteiger partial charge >= 0.3 is 0 Å². The van der Waals surface area contributed by atoms with Gasteiger partial charge in [-0.05, 0) is 30.7 Å². The van der Waals surface area contributed by atoms with E-state index in [2.05, 4.69) is 9.97 Å². The van der Waals surface area contributed by atoms with Gasteiger partial charge in [-0.1, -0.05) is 12.1 Å². The van der Waals surface area contributed by atoms with Crippen LogP contribution in [0.4, 0.5) is 0 Å². The quantitative estimate of drug-likeness (QED) is 0.540. The van der Waals surface area contributed by atoms with Gasteiger partial charge in [-0.25, -0.2) is 9.97 Å². The second-order valence-corrected chi connectivity index (χ2v) is 4.34. The first-order valence-electron chi connectivity index (χ1n) is 5.91. The number of hydrogen-bond donors (Lipinski definition) is 2. The van der Waals surface area contributed by atoms with Crippen LogP contribution in [0.25, 0.3) is 16.9 Å². The maximum absolute atomic E-state index is 7.73. The highest BCUT2D eigenvalue weighted by Gasteiger charge is 2.13. The zero-order valence-corrected chi connectivity index (χ0v) is 10.5. The van der Waals surface area contributed by atoms with E-state index in [4.69, 9.17) is 11.1 Å². The molecular weight excluding hydrogens is 238 g/mol. The first kappa shape index (κ1) is 11.4.